The molecule has 2 rings (SSSR count). The van der Waals surface area contributed by atoms with Gasteiger partial charge in [-0.05, 0) is 30.5 Å². The van der Waals surface area contributed by atoms with Crippen molar-refractivity contribution in [2.24, 2.45) is 11.1 Å². The first kappa shape index (κ1) is 10.4. The summed E-state index contributed by atoms with van der Waals surface area (Å²) < 4.78 is 14.2. The Morgan fingerprint density at radius 1 is 1.47 bits per heavy atom. The van der Waals surface area contributed by atoms with Crippen LogP contribution in [0.15, 0.2) is 24.3 Å². The Morgan fingerprint density at radius 3 is 2.67 bits per heavy atom. The third-order valence-electron chi connectivity index (χ3n) is 3.46. The number of halogens is 1. The van der Waals surface area contributed by atoms with Crippen LogP contribution >= 0.6 is 0 Å². The van der Waals surface area contributed by atoms with Crippen molar-refractivity contribution in [1.82, 2.24) is 0 Å². The maximum Gasteiger partial charge on any atom is 0.132 e. The number of hydrogen-bond acceptors (Lipinski definition) is 2. The van der Waals surface area contributed by atoms with Crippen molar-refractivity contribution in [2.45, 2.75) is 25.4 Å². The molecule has 1 aromatic rings. The first-order chi connectivity index (χ1) is 7.18. The zero-order valence-corrected chi connectivity index (χ0v) is 8.62. The summed E-state index contributed by atoms with van der Waals surface area (Å²) >= 11 is 0. The van der Waals surface area contributed by atoms with E-state index in [2.05, 4.69) is 0 Å². The summed E-state index contributed by atoms with van der Waals surface area (Å²) in [5.41, 5.74) is 5.80. The average Bonchev–Trinajstić information content (AvgIpc) is 2.17. The summed E-state index contributed by atoms with van der Waals surface area (Å²) in [6, 6.07) is 6.41. The number of alkyl halides is 1. The van der Waals surface area contributed by atoms with Crippen LogP contribution in [0.2, 0.25) is 0 Å². The number of aromatic hydroxyl groups is 1. The zero-order chi connectivity index (χ0) is 10.9. The molecule has 2 nitrogen and oxygen atoms in total. The summed E-state index contributed by atoms with van der Waals surface area (Å²) in [4.78, 5) is 0. The van der Waals surface area contributed by atoms with Gasteiger partial charge in [-0.2, -0.15) is 0 Å². The number of benzene rings is 1. The molecular formula is C12H16FNO. The van der Waals surface area contributed by atoms with Crippen molar-refractivity contribution in [1.29, 1.82) is 0 Å². The quantitative estimate of drug-likeness (QED) is 0.803. The van der Waals surface area contributed by atoms with Gasteiger partial charge in [0.25, 0.3) is 0 Å². The molecule has 3 N–H and O–H groups in total. The lowest BCUT2D eigenvalue weighted by molar-refractivity contribution is 0.0283. The molecule has 0 radical (unpaired) electrons. The highest BCUT2D eigenvalue weighted by Gasteiger charge is 2.44. The molecule has 0 amide bonds. The van der Waals surface area contributed by atoms with Gasteiger partial charge in [0, 0.05) is 12.0 Å². The van der Waals surface area contributed by atoms with Gasteiger partial charge in [-0.25, -0.2) is 4.39 Å². The van der Waals surface area contributed by atoms with Gasteiger partial charge in [0.2, 0.25) is 0 Å². The Kier molecular flexibility index (Phi) is 2.65. The van der Waals surface area contributed by atoms with E-state index in [1.807, 2.05) is 0 Å². The van der Waals surface area contributed by atoms with Crippen molar-refractivity contribution in [3.63, 3.8) is 0 Å². The van der Waals surface area contributed by atoms with Crippen LogP contribution in [0, 0.1) is 5.41 Å². The van der Waals surface area contributed by atoms with Crippen molar-refractivity contribution in [2.75, 3.05) is 6.54 Å². The molecule has 0 heterocycles. The van der Waals surface area contributed by atoms with Crippen LogP contribution in [0.3, 0.4) is 0 Å². The largest absolute Gasteiger partial charge is 0.508 e. The predicted molar refractivity (Wildman–Crippen MR) is 57.3 cm³/mol. The Hall–Kier alpha value is -1.09. The van der Waals surface area contributed by atoms with E-state index in [9.17, 15) is 9.50 Å². The highest BCUT2D eigenvalue weighted by atomic mass is 19.1. The summed E-state index contributed by atoms with van der Waals surface area (Å²) in [5.74, 6) is 0.113. The molecule has 1 unspecified atom stereocenters. The highest BCUT2D eigenvalue weighted by molar-refractivity contribution is 5.30. The lowest BCUT2D eigenvalue weighted by atomic mass is 9.64. The summed E-state index contributed by atoms with van der Waals surface area (Å²) in [6.07, 6.45) is 1.69. The molecule has 1 aliphatic carbocycles. The molecule has 82 valence electrons. The normalized spacial score (nSPS) is 20.7. The van der Waals surface area contributed by atoms with Crippen molar-refractivity contribution in [3.8, 4) is 5.75 Å². The molecule has 1 aliphatic rings. The molecule has 0 aromatic heterocycles. The summed E-state index contributed by atoms with van der Waals surface area (Å²) in [6.45, 7) is 0.379. The fourth-order valence-electron chi connectivity index (χ4n) is 2.23. The summed E-state index contributed by atoms with van der Waals surface area (Å²) in [7, 11) is 0. The standard InChI is InChI=1S/C12H16FNO/c13-11(12(8-14)5-2-6-12)9-3-1-4-10(15)7-9/h1,3-4,7,11,15H,2,5-6,8,14H2. The van der Waals surface area contributed by atoms with Crippen LogP contribution in [-0.2, 0) is 0 Å². The van der Waals surface area contributed by atoms with E-state index in [-0.39, 0.29) is 11.2 Å². The minimum Gasteiger partial charge on any atom is -0.508 e. The predicted octanol–water partition coefficient (Wildman–Crippen LogP) is 2.53. The van der Waals surface area contributed by atoms with Gasteiger partial charge < -0.3 is 10.8 Å². The molecule has 1 saturated carbocycles. The van der Waals surface area contributed by atoms with Gasteiger partial charge in [0.15, 0.2) is 0 Å². The van der Waals surface area contributed by atoms with E-state index in [0.717, 1.165) is 19.3 Å². The van der Waals surface area contributed by atoms with Crippen molar-refractivity contribution in [3.05, 3.63) is 29.8 Å². The van der Waals surface area contributed by atoms with Crippen LogP contribution in [0.5, 0.6) is 5.75 Å². The van der Waals surface area contributed by atoms with E-state index in [1.54, 1.807) is 18.2 Å². The molecule has 1 atom stereocenters. The number of phenolic OH excluding ortho intramolecular Hbond substituents is 1. The summed E-state index contributed by atoms with van der Waals surface area (Å²) in [5, 5.41) is 9.29. The molecule has 3 heteroatoms. The SMILES string of the molecule is NCC1(C(F)c2cccc(O)c2)CCC1. The Bertz CT molecular complexity index is 344. The zero-order valence-electron chi connectivity index (χ0n) is 8.62. The van der Waals surface area contributed by atoms with E-state index in [4.69, 9.17) is 5.73 Å². The van der Waals surface area contributed by atoms with Gasteiger partial charge in [-0.1, -0.05) is 18.6 Å². The molecular weight excluding hydrogens is 193 g/mol. The third kappa shape index (κ3) is 1.72. The molecule has 0 aliphatic heterocycles. The monoisotopic (exact) mass is 209 g/mol. The second kappa shape index (κ2) is 3.81. The van der Waals surface area contributed by atoms with Gasteiger partial charge in [0.1, 0.15) is 11.9 Å². The van der Waals surface area contributed by atoms with E-state index in [0.29, 0.717) is 12.1 Å². The van der Waals surface area contributed by atoms with E-state index in [1.165, 1.54) is 6.07 Å². The Labute approximate surface area is 88.9 Å². The smallest absolute Gasteiger partial charge is 0.132 e. The fourth-order valence-corrected chi connectivity index (χ4v) is 2.23. The lowest BCUT2D eigenvalue weighted by Gasteiger charge is -2.43. The van der Waals surface area contributed by atoms with Gasteiger partial charge in [0.05, 0.1) is 0 Å². The highest BCUT2D eigenvalue weighted by Crippen LogP contribution is 2.51. The van der Waals surface area contributed by atoms with Crippen LogP contribution < -0.4 is 5.73 Å². The minimum absolute atomic E-state index is 0.113. The number of nitrogens with two attached hydrogens (primary N) is 1. The van der Waals surface area contributed by atoms with Crippen LogP contribution in [-0.4, -0.2) is 11.7 Å². The Morgan fingerprint density at radius 2 is 2.20 bits per heavy atom. The van der Waals surface area contributed by atoms with E-state index < -0.39 is 6.17 Å². The van der Waals surface area contributed by atoms with Crippen LogP contribution in [0.1, 0.15) is 31.0 Å². The van der Waals surface area contributed by atoms with Gasteiger partial charge in [-0.3, -0.25) is 0 Å². The first-order valence-corrected chi connectivity index (χ1v) is 5.31. The molecule has 15 heavy (non-hydrogen) atoms. The van der Waals surface area contributed by atoms with Crippen molar-refractivity contribution >= 4 is 0 Å². The minimum atomic E-state index is -1.05. The topological polar surface area (TPSA) is 46.2 Å². The molecule has 0 spiro atoms. The van der Waals surface area contributed by atoms with E-state index >= 15 is 0 Å². The second-order valence-corrected chi connectivity index (χ2v) is 4.38. The number of phenols is 1. The molecule has 0 bridgehead atoms. The van der Waals surface area contributed by atoms with Crippen LogP contribution in [0.4, 0.5) is 4.39 Å². The fraction of sp³-hybridized carbons (Fsp3) is 0.500. The Balaban J connectivity index is 2.23. The first-order valence-electron chi connectivity index (χ1n) is 5.31. The number of rotatable bonds is 3. The van der Waals surface area contributed by atoms with Gasteiger partial charge >= 0.3 is 0 Å². The lowest BCUT2D eigenvalue weighted by Crippen LogP contribution is -2.41. The van der Waals surface area contributed by atoms with Gasteiger partial charge in [-0.15, -0.1) is 0 Å². The number of hydrogen-bond donors (Lipinski definition) is 2. The maximum absolute atomic E-state index is 14.2. The maximum atomic E-state index is 14.2. The average molecular weight is 209 g/mol. The molecule has 0 saturated heterocycles. The molecule has 1 fully saturated rings. The molecule has 1 aromatic carbocycles. The third-order valence-corrected chi connectivity index (χ3v) is 3.46. The second-order valence-electron chi connectivity index (χ2n) is 4.38. The van der Waals surface area contributed by atoms with Crippen LogP contribution in [0.25, 0.3) is 0 Å². The van der Waals surface area contributed by atoms with Crippen molar-refractivity contribution < 1.29 is 9.50 Å².